The number of nitrogens with zero attached hydrogens (tertiary/aromatic N) is 4. The van der Waals surface area contributed by atoms with Gasteiger partial charge in [0.1, 0.15) is 6.33 Å². The molecule has 0 amide bonds. The smallest absolute Gasteiger partial charge is 0.177 e. The average Bonchev–Trinajstić information content (AvgIpc) is 2.88. The minimum atomic E-state index is 0.768. The van der Waals surface area contributed by atoms with Gasteiger partial charge in [-0.25, -0.2) is 0 Å². The summed E-state index contributed by atoms with van der Waals surface area (Å²) in [5, 5.41) is 16.2. The number of thiophene rings is 1. The van der Waals surface area contributed by atoms with Crippen molar-refractivity contribution in [3.63, 3.8) is 0 Å². The van der Waals surface area contributed by atoms with E-state index in [1.807, 2.05) is 23.6 Å². The van der Waals surface area contributed by atoms with Crippen molar-refractivity contribution in [3.05, 3.63) is 35.3 Å². The Morgan fingerprint density at radius 3 is 3.07 bits per heavy atom. The number of fused-ring (bicyclic) bond motifs is 1. The first-order chi connectivity index (χ1) is 6.93. The maximum absolute atomic E-state index is 4.38. The molecule has 4 nitrogen and oxygen atoms in total. The van der Waals surface area contributed by atoms with E-state index in [0.29, 0.717) is 0 Å². The summed E-state index contributed by atoms with van der Waals surface area (Å²) < 4.78 is 1.67. The fourth-order valence-electron chi connectivity index (χ4n) is 1.29. The molecule has 0 spiro atoms. The van der Waals surface area contributed by atoms with Crippen LogP contribution in [0.4, 0.5) is 0 Å². The highest BCUT2D eigenvalue weighted by Gasteiger charge is 2.01. The molecule has 68 valence electrons. The van der Waals surface area contributed by atoms with Crippen LogP contribution in [-0.2, 0) is 0 Å². The second kappa shape index (κ2) is 2.88. The zero-order chi connectivity index (χ0) is 9.38. The quantitative estimate of drug-likeness (QED) is 0.604. The lowest BCUT2D eigenvalue weighted by molar-refractivity contribution is 0.933. The second-order valence-electron chi connectivity index (χ2n) is 2.86. The summed E-state index contributed by atoms with van der Waals surface area (Å²) in [6.07, 6.45) is 1.60. The molecule has 3 aromatic heterocycles. The Bertz CT molecular complexity index is 555. The standard InChI is InChI=1S/C9H6N4S/c1-2-9-11-10-6-13(9)12-8(1)7-3-4-14-5-7/h1-6H. The molecule has 0 aliphatic rings. The Kier molecular flexibility index (Phi) is 1.57. The lowest BCUT2D eigenvalue weighted by Crippen LogP contribution is -1.91. The summed E-state index contributed by atoms with van der Waals surface area (Å²) in [5.74, 6) is 0. The summed E-state index contributed by atoms with van der Waals surface area (Å²) >= 11 is 1.66. The third-order valence-corrected chi connectivity index (χ3v) is 2.66. The maximum Gasteiger partial charge on any atom is 0.177 e. The van der Waals surface area contributed by atoms with Gasteiger partial charge in [-0.3, -0.25) is 0 Å². The van der Waals surface area contributed by atoms with Gasteiger partial charge in [0, 0.05) is 10.9 Å². The summed E-state index contributed by atoms with van der Waals surface area (Å²) in [7, 11) is 0. The van der Waals surface area contributed by atoms with E-state index in [1.165, 1.54) is 0 Å². The lowest BCUT2D eigenvalue weighted by atomic mass is 10.2. The Morgan fingerprint density at radius 1 is 1.21 bits per heavy atom. The average molecular weight is 202 g/mol. The van der Waals surface area contributed by atoms with E-state index in [0.717, 1.165) is 16.9 Å². The molecular formula is C9H6N4S. The first kappa shape index (κ1) is 7.64. The van der Waals surface area contributed by atoms with Gasteiger partial charge in [0.25, 0.3) is 0 Å². The molecule has 3 rings (SSSR count). The van der Waals surface area contributed by atoms with Crippen LogP contribution in [0.25, 0.3) is 16.9 Å². The molecule has 0 aliphatic carbocycles. The molecule has 0 saturated heterocycles. The van der Waals surface area contributed by atoms with Crippen molar-refractivity contribution in [2.45, 2.75) is 0 Å². The van der Waals surface area contributed by atoms with Crippen LogP contribution in [0.1, 0.15) is 0 Å². The van der Waals surface area contributed by atoms with Gasteiger partial charge < -0.3 is 0 Å². The molecule has 0 radical (unpaired) electrons. The molecule has 3 aromatic rings. The van der Waals surface area contributed by atoms with E-state index < -0.39 is 0 Å². The highest BCUT2D eigenvalue weighted by atomic mass is 32.1. The molecule has 0 N–H and O–H groups in total. The van der Waals surface area contributed by atoms with Crippen LogP contribution >= 0.6 is 11.3 Å². The lowest BCUT2D eigenvalue weighted by Gasteiger charge is -1.96. The zero-order valence-electron chi connectivity index (χ0n) is 7.16. The van der Waals surface area contributed by atoms with Gasteiger partial charge in [-0.05, 0) is 23.6 Å². The normalized spacial score (nSPS) is 10.9. The number of aromatic nitrogens is 4. The highest BCUT2D eigenvalue weighted by molar-refractivity contribution is 7.08. The van der Waals surface area contributed by atoms with Crippen molar-refractivity contribution in [1.82, 2.24) is 19.8 Å². The van der Waals surface area contributed by atoms with Crippen LogP contribution in [0.2, 0.25) is 0 Å². The summed E-state index contributed by atoms with van der Waals surface area (Å²) in [4.78, 5) is 0. The van der Waals surface area contributed by atoms with E-state index in [9.17, 15) is 0 Å². The SMILES string of the molecule is c1cc(-c2ccc3nncn3n2)cs1. The molecule has 5 heteroatoms. The Labute approximate surface area is 83.8 Å². The minimum absolute atomic E-state index is 0.768. The molecule has 0 bridgehead atoms. The van der Waals surface area contributed by atoms with E-state index >= 15 is 0 Å². The van der Waals surface area contributed by atoms with Gasteiger partial charge in [-0.1, -0.05) is 0 Å². The molecule has 0 atom stereocenters. The molecule has 0 unspecified atom stereocenters. The molecule has 0 aromatic carbocycles. The Balaban J connectivity index is 2.23. The van der Waals surface area contributed by atoms with Gasteiger partial charge in [0.2, 0.25) is 0 Å². The Hall–Kier alpha value is -1.75. The van der Waals surface area contributed by atoms with Crippen LogP contribution < -0.4 is 0 Å². The maximum atomic E-state index is 4.38. The van der Waals surface area contributed by atoms with Crippen molar-refractivity contribution in [3.8, 4) is 11.3 Å². The summed E-state index contributed by atoms with van der Waals surface area (Å²) in [5.41, 5.74) is 2.84. The van der Waals surface area contributed by atoms with Crippen LogP contribution in [0.5, 0.6) is 0 Å². The minimum Gasteiger partial charge on any atom is -0.200 e. The second-order valence-corrected chi connectivity index (χ2v) is 3.64. The molecular weight excluding hydrogens is 196 g/mol. The largest absolute Gasteiger partial charge is 0.200 e. The highest BCUT2D eigenvalue weighted by Crippen LogP contribution is 2.19. The molecule has 3 heterocycles. The summed E-state index contributed by atoms with van der Waals surface area (Å²) in [6.45, 7) is 0. The third kappa shape index (κ3) is 1.10. The zero-order valence-corrected chi connectivity index (χ0v) is 7.98. The van der Waals surface area contributed by atoms with Gasteiger partial charge in [-0.15, -0.1) is 10.2 Å². The fraction of sp³-hybridized carbons (Fsp3) is 0. The van der Waals surface area contributed by atoms with E-state index in [4.69, 9.17) is 0 Å². The van der Waals surface area contributed by atoms with Crippen LogP contribution in [-0.4, -0.2) is 19.8 Å². The fourth-order valence-corrected chi connectivity index (χ4v) is 1.94. The topological polar surface area (TPSA) is 43.1 Å². The van der Waals surface area contributed by atoms with Crippen molar-refractivity contribution in [2.75, 3.05) is 0 Å². The molecule has 14 heavy (non-hydrogen) atoms. The van der Waals surface area contributed by atoms with Crippen molar-refractivity contribution < 1.29 is 0 Å². The molecule has 0 aliphatic heterocycles. The van der Waals surface area contributed by atoms with Crippen molar-refractivity contribution in [2.24, 2.45) is 0 Å². The predicted octanol–water partition coefficient (Wildman–Crippen LogP) is 1.85. The van der Waals surface area contributed by atoms with Crippen LogP contribution in [0.15, 0.2) is 35.3 Å². The molecule has 0 saturated carbocycles. The van der Waals surface area contributed by atoms with Crippen molar-refractivity contribution >= 4 is 17.0 Å². The van der Waals surface area contributed by atoms with Crippen LogP contribution in [0, 0.1) is 0 Å². The molecule has 0 fully saturated rings. The van der Waals surface area contributed by atoms with E-state index in [-0.39, 0.29) is 0 Å². The monoisotopic (exact) mass is 202 g/mol. The van der Waals surface area contributed by atoms with Gasteiger partial charge in [-0.2, -0.15) is 21.0 Å². The number of hydrogen-bond acceptors (Lipinski definition) is 4. The number of hydrogen-bond donors (Lipinski definition) is 0. The van der Waals surface area contributed by atoms with E-state index in [1.54, 1.807) is 22.2 Å². The first-order valence-electron chi connectivity index (χ1n) is 4.13. The van der Waals surface area contributed by atoms with Gasteiger partial charge in [0.05, 0.1) is 5.69 Å². The van der Waals surface area contributed by atoms with Gasteiger partial charge >= 0.3 is 0 Å². The van der Waals surface area contributed by atoms with Gasteiger partial charge in [0.15, 0.2) is 5.65 Å². The van der Waals surface area contributed by atoms with Crippen molar-refractivity contribution in [1.29, 1.82) is 0 Å². The Morgan fingerprint density at radius 2 is 2.21 bits per heavy atom. The first-order valence-corrected chi connectivity index (χ1v) is 5.07. The third-order valence-electron chi connectivity index (χ3n) is 1.98. The number of rotatable bonds is 1. The predicted molar refractivity (Wildman–Crippen MR) is 54.1 cm³/mol. The summed E-state index contributed by atoms with van der Waals surface area (Å²) in [6, 6.07) is 5.91. The van der Waals surface area contributed by atoms with Crippen LogP contribution in [0.3, 0.4) is 0 Å². The van der Waals surface area contributed by atoms with E-state index in [2.05, 4.69) is 20.7 Å².